The van der Waals surface area contributed by atoms with Crippen LogP contribution < -0.4 is 5.73 Å². The summed E-state index contributed by atoms with van der Waals surface area (Å²) >= 11 is 0. The van der Waals surface area contributed by atoms with Gasteiger partial charge in [-0.05, 0) is 6.92 Å². The van der Waals surface area contributed by atoms with Crippen LogP contribution in [-0.4, -0.2) is 16.1 Å². The second-order valence-electron chi connectivity index (χ2n) is 3.21. The van der Waals surface area contributed by atoms with Gasteiger partial charge in [0.25, 0.3) is 0 Å². The summed E-state index contributed by atoms with van der Waals surface area (Å²) < 4.78 is 5.16. The second kappa shape index (κ2) is 2.95. The Morgan fingerprint density at radius 2 is 2.14 bits per heavy atom. The lowest BCUT2D eigenvalue weighted by Crippen LogP contribution is -2.10. The first kappa shape index (κ1) is 8.96. The number of aromatic carboxylic acids is 1. The molecular weight excluding hydrogens is 184 g/mol. The van der Waals surface area contributed by atoms with Crippen LogP contribution in [0.4, 0.5) is 5.69 Å². The average Bonchev–Trinajstić information content (AvgIpc) is 2.59. The topological polar surface area (TPSA) is 85.4 Å². The van der Waals surface area contributed by atoms with E-state index in [1.165, 1.54) is 0 Å². The monoisotopic (exact) mass is 194 g/mol. The molecule has 14 heavy (non-hydrogen) atoms. The highest BCUT2D eigenvalue weighted by Crippen LogP contribution is 2.29. The maximum atomic E-state index is 10.9. The average molecular weight is 194 g/mol. The number of fused-ring (bicyclic) bond motifs is 1. The third-order valence-electron chi connectivity index (χ3n) is 2.34. The largest absolute Gasteiger partial charge is 0.477 e. The van der Waals surface area contributed by atoms with Crippen LogP contribution in [0.5, 0.6) is 0 Å². The van der Waals surface area contributed by atoms with Crippen molar-refractivity contribution in [3.63, 3.8) is 0 Å². The summed E-state index contributed by atoms with van der Waals surface area (Å²) in [7, 11) is 0. The third-order valence-corrected chi connectivity index (χ3v) is 2.34. The van der Waals surface area contributed by atoms with Gasteiger partial charge in [-0.25, -0.2) is 9.78 Å². The Morgan fingerprint density at radius 1 is 1.50 bits per heavy atom. The standard InChI is InChI=1S/C9H10N2O3/c1-4-7(10)5-2-14-3-6(5)8(11-4)9(12)13/h2-3,10H2,1H3,(H,12,13). The highest BCUT2D eigenvalue weighted by molar-refractivity contribution is 5.88. The highest BCUT2D eigenvalue weighted by Gasteiger charge is 2.24. The summed E-state index contributed by atoms with van der Waals surface area (Å²) in [6.07, 6.45) is 0. The maximum absolute atomic E-state index is 10.9. The van der Waals surface area contributed by atoms with E-state index in [2.05, 4.69) is 4.98 Å². The lowest BCUT2D eigenvalue weighted by molar-refractivity contribution is 0.0685. The summed E-state index contributed by atoms with van der Waals surface area (Å²) in [4.78, 5) is 14.8. The molecule has 0 saturated carbocycles. The Morgan fingerprint density at radius 3 is 2.79 bits per heavy atom. The second-order valence-corrected chi connectivity index (χ2v) is 3.21. The zero-order valence-corrected chi connectivity index (χ0v) is 7.70. The molecule has 0 aliphatic carbocycles. The van der Waals surface area contributed by atoms with E-state index < -0.39 is 5.97 Å². The van der Waals surface area contributed by atoms with Crippen molar-refractivity contribution in [1.29, 1.82) is 0 Å². The first-order chi connectivity index (χ1) is 6.61. The van der Waals surface area contributed by atoms with Gasteiger partial charge in [0.2, 0.25) is 0 Å². The number of aromatic nitrogens is 1. The quantitative estimate of drug-likeness (QED) is 0.687. The molecule has 2 heterocycles. The van der Waals surface area contributed by atoms with E-state index in [-0.39, 0.29) is 12.3 Å². The minimum absolute atomic E-state index is 0.0594. The minimum atomic E-state index is -1.03. The molecule has 5 heteroatoms. The summed E-state index contributed by atoms with van der Waals surface area (Å²) in [5, 5.41) is 8.91. The molecule has 1 aliphatic heterocycles. The summed E-state index contributed by atoms with van der Waals surface area (Å²) in [6.45, 7) is 2.36. The van der Waals surface area contributed by atoms with Gasteiger partial charge in [0.05, 0.1) is 24.6 Å². The number of nitrogens with two attached hydrogens (primary N) is 1. The summed E-state index contributed by atoms with van der Waals surface area (Å²) in [6, 6.07) is 0. The molecule has 0 radical (unpaired) electrons. The Balaban J connectivity index is 2.70. The fourth-order valence-corrected chi connectivity index (χ4v) is 1.57. The molecule has 74 valence electrons. The molecular formula is C9H10N2O3. The number of hydrogen-bond acceptors (Lipinski definition) is 4. The van der Waals surface area contributed by atoms with Gasteiger partial charge in [-0.15, -0.1) is 0 Å². The zero-order chi connectivity index (χ0) is 10.3. The van der Waals surface area contributed by atoms with Gasteiger partial charge in [0, 0.05) is 11.1 Å². The van der Waals surface area contributed by atoms with Crippen LogP contribution in [0.15, 0.2) is 0 Å². The predicted molar refractivity (Wildman–Crippen MR) is 48.8 cm³/mol. The molecule has 1 aromatic heterocycles. The van der Waals surface area contributed by atoms with Crippen molar-refractivity contribution in [1.82, 2.24) is 4.98 Å². The Kier molecular flexibility index (Phi) is 1.89. The van der Waals surface area contributed by atoms with E-state index in [9.17, 15) is 4.79 Å². The number of ether oxygens (including phenoxy) is 1. The van der Waals surface area contributed by atoms with Crippen molar-refractivity contribution in [3.05, 3.63) is 22.5 Å². The molecule has 2 rings (SSSR count). The number of anilines is 1. The van der Waals surface area contributed by atoms with Crippen molar-refractivity contribution >= 4 is 11.7 Å². The predicted octanol–water partition coefficient (Wildman–Crippen LogP) is 0.701. The molecule has 0 spiro atoms. The fraction of sp³-hybridized carbons (Fsp3) is 0.333. The van der Waals surface area contributed by atoms with E-state index in [0.29, 0.717) is 23.6 Å². The summed E-state index contributed by atoms with van der Waals surface area (Å²) in [5.74, 6) is -1.03. The molecule has 0 amide bonds. The number of carboxylic acid groups (broad SMARTS) is 1. The molecule has 0 aromatic carbocycles. The van der Waals surface area contributed by atoms with Gasteiger partial charge in [-0.2, -0.15) is 0 Å². The first-order valence-electron chi connectivity index (χ1n) is 4.20. The van der Waals surface area contributed by atoms with Gasteiger partial charge in [0.15, 0.2) is 5.69 Å². The van der Waals surface area contributed by atoms with E-state index >= 15 is 0 Å². The van der Waals surface area contributed by atoms with Gasteiger partial charge < -0.3 is 15.6 Å². The molecule has 3 N–H and O–H groups in total. The number of nitrogens with zero attached hydrogens (tertiary/aromatic N) is 1. The maximum Gasteiger partial charge on any atom is 0.354 e. The number of aryl methyl sites for hydroxylation is 1. The van der Waals surface area contributed by atoms with Crippen LogP contribution in [-0.2, 0) is 18.0 Å². The van der Waals surface area contributed by atoms with Gasteiger partial charge >= 0.3 is 5.97 Å². The highest BCUT2D eigenvalue weighted by atomic mass is 16.5. The van der Waals surface area contributed by atoms with Crippen LogP contribution in [0, 0.1) is 6.92 Å². The van der Waals surface area contributed by atoms with Gasteiger partial charge in [-0.3, -0.25) is 0 Å². The number of carbonyl (C=O) groups is 1. The van der Waals surface area contributed by atoms with Crippen molar-refractivity contribution in [2.75, 3.05) is 5.73 Å². The Bertz CT molecular complexity index is 415. The number of nitrogen functional groups attached to an aromatic ring is 1. The van der Waals surface area contributed by atoms with Crippen LogP contribution >= 0.6 is 0 Å². The zero-order valence-electron chi connectivity index (χ0n) is 7.70. The molecule has 1 aliphatic rings. The van der Waals surface area contributed by atoms with Crippen LogP contribution in [0.3, 0.4) is 0 Å². The molecule has 1 aromatic rings. The SMILES string of the molecule is Cc1nc(C(=O)O)c2c(c1N)COC2. The Labute approximate surface area is 80.5 Å². The lowest BCUT2D eigenvalue weighted by atomic mass is 10.1. The van der Waals surface area contributed by atoms with Gasteiger partial charge in [0.1, 0.15) is 0 Å². The number of pyridine rings is 1. The molecule has 0 saturated heterocycles. The molecule has 0 bridgehead atoms. The van der Waals surface area contributed by atoms with E-state index in [0.717, 1.165) is 5.56 Å². The molecule has 0 atom stereocenters. The molecule has 0 unspecified atom stereocenters. The number of rotatable bonds is 1. The third kappa shape index (κ3) is 1.13. The normalized spacial score (nSPS) is 14.1. The Hall–Kier alpha value is -1.62. The van der Waals surface area contributed by atoms with Crippen molar-refractivity contribution < 1.29 is 14.6 Å². The van der Waals surface area contributed by atoms with E-state index in [4.69, 9.17) is 15.6 Å². The molecule has 0 fully saturated rings. The van der Waals surface area contributed by atoms with Crippen LogP contribution in [0.2, 0.25) is 0 Å². The van der Waals surface area contributed by atoms with Gasteiger partial charge in [-0.1, -0.05) is 0 Å². The smallest absolute Gasteiger partial charge is 0.354 e. The summed E-state index contributed by atoms with van der Waals surface area (Å²) in [5.41, 5.74) is 8.30. The number of hydrogen-bond donors (Lipinski definition) is 2. The lowest BCUT2D eigenvalue weighted by Gasteiger charge is -2.07. The van der Waals surface area contributed by atoms with Crippen LogP contribution in [0.25, 0.3) is 0 Å². The van der Waals surface area contributed by atoms with Crippen molar-refractivity contribution in [2.45, 2.75) is 20.1 Å². The fourth-order valence-electron chi connectivity index (χ4n) is 1.57. The molecule has 5 nitrogen and oxygen atoms in total. The van der Waals surface area contributed by atoms with Crippen molar-refractivity contribution in [2.24, 2.45) is 0 Å². The first-order valence-corrected chi connectivity index (χ1v) is 4.20. The van der Waals surface area contributed by atoms with E-state index in [1.807, 2.05) is 0 Å². The van der Waals surface area contributed by atoms with E-state index in [1.54, 1.807) is 6.92 Å². The van der Waals surface area contributed by atoms with Crippen molar-refractivity contribution in [3.8, 4) is 0 Å². The minimum Gasteiger partial charge on any atom is -0.477 e. The van der Waals surface area contributed by atoms with Crippen LogP contribution in [0.1, 0.15) is 27.3 Å². The number of carboxylic acids is 1.